The first-order valence-corrected chi connectivity index (χ1v) is 12.0. The SMILES string of the molecule is COc1cc(Cl)cc(C=Nn2c(C3CCCCC3)nc3ccc(Br)cc3c2=O)c1OCC(=O)O. The molecular formula is C24H23BrClN3O5. The third-order valence-electron chi connectivity index (χ3n) is 5.72. The van der Waals surface area contributed by atoms with E-state index in [1.54, 1.807) is 12.1 Å². The molecule has 4 rings (SSSR count). The highest BCUT2D eigenvalue weighted by Gasteiger charge is 2.23. The van der Waals surface area contributed by atoms with Crippen molar-refractivity contribution in [1.29, 1.82) is 0 Å². The average molecular weight is 549 g/mol. The predicted octanol–water partition coefficient (Wildman–Crippen LogP) is 5.21. The second kappa shape index (κ2) is 10.6. The zero-order valence-corrected chi connectivity index (χ0v) is 20.8. The van der Waals surface area contributed by atoms with E-state index in [-0.39, 0.29) is 23.0 Å². The van der Waals surface area contributed by atoms with Crippen LogP contribution in [-0.4, -0.2) is 40.7 Å². The summed E-state index contributed by atoms with van der Waals surface area (Å²) in [6.07, 6.45) is 6.59. The van der Waals surface area contributed by atoms with Crippen molar-refractivity contribution in [3.63, 3.8) is 0 Å². The summed E-state index contributed by atoms with van der Waals surface area (Å²) in [5.74, 6) is 0.0125. The predicted molar refractivity (Wildman–Crippen MR) is 134 cm³/mol. The molecule has 1 aromatic heterocycles. The largest absolute Gasteiger partial charge is 0.493 e. The monoisotopic (exact) mass is 547 g/mol. The number of fused-ring (bicyclic) bond motifs is 1. The number of carbonyl (C=O) groups is 1. The van der Waals surface area contributed by atoms with Crippen molar-refractivity contribution in [2.45, 2.75) is 38.0 Å². The Kier molecular flexibility index (Phi) is 7.53. The van der Waals surface area contributed by atoms with Crippen molar-refractivity contribution in [2.24, 2.45) is 5.10 Å². The van der Waals surface area contributed by atoms with Gasteiger partial charge in [0, 0.05) is 27.0 Å². The van der Waals surface area contributed by atoms with Crippen LogP contribution in [0.5, 0.6) is 11.5 Å². The highest BCUT2D eigenvalue weighted by Crippen LogP contribution is 2.35. The molecule has 8 nitrogen and oxygen atoms in total. The van der Waals surface area contributed by atoms with Gasteiger partial charge in [0.25, 0.3) is 5.56 Å². The van der Waals surface area contributed by atoms with Crippen LogP contribution in [0, 0.1) is 0 Å². The number of carboxylic acid groups (broad SMARTS) is 1. The highest BCUT2D eigenvalue weighted by molar-refractivity contribution is 9.10. The van der Waals surface area contributed by atoms with E-state index in [0.717, 1.165) is 36.6 Å². The lowest BCUT2D eigenvalue weighted by atomic mass is 9.88. The summed E-state index contributed by atoms with van der Waals surface area (Å²) in [5.41, 5.74) is 0.710. The molecule has 1 fully saturated rings. The molecule has 0 amide bonds. The zero-order chi connectivity index (χ0) is 24.2. The second-order valence-corrected chi connectivity index (χ2v) is 9.39. The van der Waals surface area contributed by atoms with E-state index in [0.29, 0.717) is 27.3 Å². The molecular weight excluding hydrogens is 526 g/mol. The first-order chi connectivity index (χ1) is 16.4. The van der Waals surface area contributed by atoms with Gasteiger partial charge in [-0.3, -0.25) is 4.79 Å². The summed E-state index contributed by atoms with van der Waals surface area (Å²) in [6, 6.07) is 8.50. The minimum absolute atomic E-state index is 0.114. The number of benzene rings is 2. The van der Waals surface area contributed by atoms with Gasteiger partial charge in [0.1, 0.15) is 5.82 Å². The van der Waals surface area contributed by atoms with Crippen molar-refractivity contribution in [1.82, 2.24) is 9.66 Å². The van der Waals surface area contributed by atoms with E-state index < -0.39 is 12.6 Å². The fourth-order valence-corrected chi connectivity index (χ4v) is 4.72. The van der Waals surface area contributed by atoms with Gasteiger partial charge in [-0.2, -0.15) is 9.78 Å². The number of nitrogens with zero attached hydrogens (tertiary/aromatic N) is 3. The van der Waals surface area contributed by atoms with Crippen LogP contribution >= 0.6 is 27.5 Å². The fourth-order valence-electron chi connectivity index (χ4n) is 4.15. The number of ether oxygens (including phenoxy) is 2. The van der Waals surface area contributed by atoms with Gasteiger partial charge in [0.2, 0.25) is 0 Å². The van der Waals surface area contributed by atoms with Crippen LogP contribution in [0.4, 0.5) is 0 Å². The number of aliphatic carboxylic acids is 1. The molecule has 0 radical (unpaired) electrons. The maximum Gasteiger partial charge on any atom is 0.341 e. The number of halogens is 2. The number of hydrogen-bond donors (Lipinski definition) is 1. The van der Waals surface area contributed by atoms with Gasteiger partial charge in [-0.15, -0.1) is 0 Å². The van der Waals surface area contributed by atoms with Crippen molar-refractivity contribution < 1.29 is 19.4 Å². The van der Waals surface area contributed by atoms with Gasteiger partial charge in [-0.25, -0.2) is 9.78 Å². The molecule has 0 saturated heterocycles. The Balaban J connectivity index is 1.86. The molecule has 1 N–H and O–H groups in total. The van der Waals surface area contributed by atoms with E-state index >= 15 is 0 Å². The first kappa shape index (κ1) is 24.2. The number of aromatic nitrogens is 2. The summed E-state index contributed by atoms with van der Waals surface area (Å²) in [6.45, 7) is -0.572. The second-order valence-electron chi connectivity index (χ2n) is 8.04. The average Bonchev–Trinajstić information content (AvgIpc) is 2.83. The van der Waals surface area contributed by atoms with Gasteiger partial charge in [0.05, 0.1) is 24.2 Å². The zero-order valence-electron chi connectivity index (χ0n) is 18.5. The molecule has 10 heteroatoms. The highest BCUT2D eigenvalue weighted by atomic mass is 79.9. The minimum Gasteiger partial charge on any atom is -0.493 e. The molecule has 1 aliphatic carbocycles. The van der Waals surface area contributed by atoms with Gasteiger partial charge in [-0.1, -0.05) is 46.8 Å². The lowest BCUT2D eigenvalue weighted by Crippen LogP contribution is -2.25. The van der Waals surface area contributed by atoms with E-state index in [1.807, 2.05) is 12.1 Å². The Morgan fingerprint density at radius 2 is 2.06 bits per heavy atom. The fraction of sp³-hybridized carbons (Fsp3) is 0.333. The van der Waals surface area contributed by atoms with Crippen molar-refractivity contribution in [3.05, 3.63) is 61.6 Å². The van der Waals surface area contributed by atoms with Crippen molar-refractivity contribution in [2.75, 3.05) is 13.7 Å². The van der Waals surface area contributed by atoms with Gasteiger partial charge < -0.3 is 14.6 Å². The van der Waals surface area contributed by atoms with Crippen LogP contribution in [0.2, 0.25) is 5.02 Å². The minimum atomic E-state index is -1.14. The van der Waals surface area contributed by atoms with Gasteiger partial charge in [-0.05, 0) is 37.1 Å². The summed E-state index contributed by atoms with van der Waals surface area (Å²) in [7, 11) is 1.43. The van der Waals surface area contributed by atoms with E-state index in [9.17, 15) is 9.59 Å². The van der Waals surface area contributed by atoms with E-state index in [1.165, 1.54) is 24.1 Å². The Bertz CT molecular complexity index is 1320. The number of rotatable bonds is 7. The van der Waals surface area contributed by atoms with Gasteiger partial charge >= 0.3 is 5.97 Å². The Morgan fingerprint density at radius 1 is 1.29 bits per heavy atom. The molecule has 0 spiro atoms. The molecule has 1 aliphatic rings. The summed E-state index contributed by atoms with van der Waals surface area (Å²) in [4.78, 5) is 29.4. The molecule has 34 heavy (non-hydrogen) atoms. The van der Waals surface area contributed by atoms with Crippen LogP contribution < -0.4 is 15.0 Å². The van der Waals surface area contributed by atoms with Crippen molar-refractivity contribution in [3.8, 4) is 11.5 Å². The number of carboxylic acids is 1. The Labute approximate surface area is 209 Å². The van der Waals surface area contributed by atoms with Crippen LogP contribution in [0.15, 0.2) is 44.7 Å². The topological polar surface area (TPSA) is 103 Å². The lowest BCUT2D eigenvalue weighted by molar-refractivity contribution is -0.139. The quantitative estimate of drug-likeness (QED) is 0.406. The molecule has 1 saturated carbocycles. The molecule has 0 bridgehead atoms. The molecule has 3 aromatic rings. The third kappa shape index (κ3) is 5.26. The van der Waals surface area contributed by atoms with Crippen LogP contribution in [0.1, 0.15) is 49.4 Å². The van der Waals surface area contributed by atoms with Crippen LogP contribution in [0.25, 0.3) is 10.9 Å². The molecule has 0 aliphatic heterocycles. The third-order valence-corrected chi connectivity index (χ3v) is 6.44. The summed E-state index contributed by atoms with van der Waals surface area (Å²) >= 11 is 9.64. The maximum atomic E-state index is 13.5. The summed E-state index contributed by atoms with van der Waals surface area (Å²) < 4.78 is 12.9. The van der Waals surface area contributed by atoms with E-state index in [4.69, 9.17) is 31.2 Å². The number of hydrogen-bond acceptors (Lipinski definition) is 6. The summed E-state index contributed by atoms with van der Waals surface area (Å²) in [5, 5.41) is 14.3. The smallest absolute Gasteiger partial charge is 0.341 e. The molecule has 0 unspecified atom stereocenters. The molecule has 2 aromatic carbocycles. The molecule has 178 valence electrons. The molecule has 1 heterocycles. The van der Waals surface area contributed by atoms with Crippen LogP contribution in [-0.2, 0) is 4.79 Å². The Morgan fingerprint density at radius 3 is 2.76 bits per heavy atom. The standard InChI is InChI=1S/C24H23BrClN3O5/c1-33-20-11-17(26)9-15(22(20)34-13-21(30)31)12-27-29-23(14-5-3-2-4-6-14)28-19-8-7-16(25)10-18(19)24(29)32/h7-12,14H,2-6,13H2,1H3,(H,30,31). The normalized spacial score (nSPS) is 14.6. The van der Waals surface area contributed by atoms with Gasteiger partial charge in [0.15, 0.2) is 18.1 Å². The lowest BCUT2D eigenvalue weighted by Gasteiger charge is -2.22. The van der Waals surface area contributed by atoms with E-state index in [2.05, 4.69) is 21.0 Å². The molecule has 0 atom stereocenters. The first-order valence-electron chi connectivity index (χ1n) is 10.9. The Hall–Kier alpha value is -2.91. The van der Waals surface area contributed by atoms with Crippen LogP contribution in [0.3, 0.4) is 0 Å². The maximum absolute atomic E-state index is 13.5. The van der Waals surface area contributed by atoms with Crippen molar-refractivity contribution >= 4 is 50.6 Å². The number of methoxy groups -OCH3 is 1.